The van der Waals surface area contributed by atoms with Gasteiger partial charge in [0.25, 0.3) is 0 Å². The minimum Gasteiger partial charge on any atom is -0.303 e. The molecule has 0 radical (unpaired) electrons. The van der Waals surface area contributed by atoms with Gasteiger partial charge >= 0.3 is 0 Å². The average Bonchev–Trinajstić information content (AvgIpc) is 3.77. The number of hydrogen-bond donors (Lipinski definition) is 0. The summed E-state index contributed by atoms with van der Waals surface area (Å²) >= 11 is 0. The van der Waals surface area contributed by atoms with Crippen LogP contribution in [0.3, 0.4) is 0 Å². The van der Waals surface area contributed by atoms with Crippen molar-refractivity contribution < 1.29 is 0 Å². The molecule has 0 N–H and O–H groups in total. The normalized spacial score (nSPS) is 25.4. The minimum atomic E-state index is 1.01. The van der Waals surface area contributed by atoms with Gasteiger partial charge in [-0.1, -0.05) is 156 Å². The van der Waals surface area contributed by atoms with E-state index in [2.05, 4.69) is 37.5 Å². The summed E-state index contributed by atoms with van der Waals surface area (Å²) in [6.07, 6.45) is 40.9. The van der Waals surface area contributed by atoms with Crippen molar-refractivity contribution in [2.24, 2.45) is 35.5 Å². The summed E-state index contributed by atoms with van der Waals surface area (Å²) in [7, 11) is 0. The van der Waals surface area contributed by atoms with Crippen LogP contribution < -0.4 is 0 Å². The second-order valence-electron chi connectivity index (χ2n) is 16.9. The molecule has 3 rings (SSSR count). The Kier molecular flexibility index (Phi) is 22.7. The lowest BCUT2D eigenvalue weighted by Gasteiger charge is -2.39. The van der Waals surface area contributed by atoms with Gasteiger partial charge in [0.15, 0.2) is 0 Å². The highest BCUT2D eigenvalue weighted by molar-refractivity contribution is 5.06. The Labute approximate surface area is 291 Å². The highest BCUT2D eigenvalue weighted by Gasteiger charge is 2.57. The van der Waals surface area contributed by atoms with E-state index >= 15 is 0 Å². The van der Waals surface area contributed by atoms with Gasteiger partial charge < -0.3 is 9.80 Å². The molecule has 0 aromatic heterocycles. The van der Waals surface area contributed by atoms with Crippen LogP contribution >= 0.6 is 0 Å². The first-order chi connectivity index (χ1) is 22.7. The van der Waals surface area contributed by atoms with E-state index < -0.39 is 0 Å². The maximum absolute atomic E-state index is 3.00. The highest BCUT2D eigenvalue weighted by Crippen LogP contribution is 2.63. The fourth-order valence-electron chi connectivity index (χ4n) is 10.5. The summed E-state index contributed by atoms with van der Waals surface area (Å²) in [6, 6.07) is 0. The van der Waals surface area contributed by atoms with E-state index in [4.69, 9.17) is 0 Å². The molecular formula is C44H86N2. The molecule has 0 amide bonds. The van der Waals surface area contributed by atoms with Gasteiger partial charge in [0.2, 0.25) is 0 Å². The van der Waals surface area contributed by atoms with Crippen molar-refractivity contribution in [1.82, 2.24) is 9.80 Å². The fraction of sp³-hybridized carbons (Fsp3) is 1.00. The van der Waals surface area contributed by atoms with E-state index in [1.54, 1.807) is 25.7 Å². The van der Waals surface area contributed by atoms with Gasteiger partial charge in [-0.25, -0.2) is 0 Å². The molecule has 0 aromatic carbocycles. The van der Waals surface area contributed by atoms with Crippen molar-refractivity contribution in [2.45, 2.75) is 207 Å². The van der Waals surface area contributed by atoms with Gasteiger partial charge in [-0.05, 0) is 113 Å². The number of hydrogen-bond acceptors (Lipinski definition) is 2. The smallest absolute Gasteiger partial charge is 0.00125 e. The van der Waals surface area contributed by atoms with Crippen LogP contribution in [0.15, 0.2) is 0 Å². The summed E-state index contributed by atoms with van der Waals surface area (Å²) in [5, 5.41) is 0. The third-order valence-electron chi connectivity index (χ3n) is 13.1. The van der Waals surface area contributed by atoms with Crippen LogP contribution in [0, 0.1) is 35.5 Å². The number of nitrogens with zero attached hydrogens (tertiary/aromatic N) is 2. The van der Waals surface area contributed by atoms with Crippen LogP contribution in [0.4, 0.5) is 0 Å². The Bertz CT molecular complexity index is 659. The fourth-order valence-corrected chi connectivity index (χ4v) is 10.5. The molecule has 2 heteroatoms. The second-order valence-corrected chi connectivity index (χ2v) is 16.9. The number of unbranched alkanes of at least 4 members (excludes halogenated alkanes) is 20. The lowest BCUT2D eigenvalue weighted by atomic mass is 9.72. The van der Waals surface area contributed by atoms with Gasteiger partial charge in [0.1, 0.15) is 0 Å². The van der Waals surface area contributed by atoms with Gasteiger partial charge in [0, 0.05) is 13.1 Å². The molecule has 2 nitrogen and oxygen atoms in total. The van der Waals surface area contributed by atoms with E-state index in [-0.39, 0.29) is 0 Å². The predicted molar refractivity (Wildman–Crippen MR) is 206 cm³/mol. The van der Waals surface area contributed by atoms with Crippen molar-refractivity contribution in [3.05, 3.63) is 0 Å². The van der Waals surface area contributed by atoms with Crippen LogP contribution in [0.25, 0.3) is 0 Å². The van der Waals surface area contributed by atoms with Crippen LogP contribution in [-0.4, -0.2) is 49.1 Å². The van der Waals surface area contributed by atoms with Crippen molar-refractivity contribution in [1.29, 1.82) is 0 Å². The Hall–Kier alpha value is -0.0800. The van der Waals surface area contributed by atoms with Crippen molar-refractivity contribution in [2.75, 3.05) is 39.3 Å². The molecule has 0 heterocycles. The van der Waals surface area contributed by atoms with Crippen molar-refractivity contribution >= 4 is 0 Å². The maximum atomic E-state index is 3.00. The molecule has 272 valence electrons. The van der Waals surface area contributed by atoms with Gasteiger partial charge in [0.05, 0.1) is 0 Å². The van der Waals surface area contributed by atoms with Crippen molar-refractivity contribution in [3.8, 4) is 0 Å². The van der Waals surface area contributed by atoms with E-state index in [9.17, 15) is 0 Å². The molecule has 3 saturated carbocycles. The Balaban J connectivity index is 1.51. The van der Waals surface area contributed by atoms with E-state index in [1.165, 1.54) is 193 Å². The summed E-state index contributed by atoms with van der Waals surface area (Å²) in [6.45, 7) is 17.8. The average molecular weight is 643 g/mol. The quantitative estimate of drug-likeness (QED) is 0.0674. The van der Waals surface area contributed by atoms with Crippen LogP contribution in [0.2, 0.25) is 0 Å². The van der Waals surface area contributed by atoms with Gasteiger partial charge in [-0.3, -0.25) is 0 Å². The highest BCUT2D eigenvalue weighted by atomic mass is 15.1. The Morgan fingerprint density at radius 3 is 1.15 bits per heavy atom. The number of fused-ring (bicyclic) bond motifs is 5. The largest absolute Gasteiger partial charge is 0.303 e. The first-order valence-electron chi connectivity index (χ1n) is 22.2. The summed E-state index contributed by atoms with van der Waals surface area (Å²) in [5.74, 6) is 6.34. The van der Waals surface area contributed by atoms with E-state index in [0.29, 0.717) is 0 Å². The molecule has 3 aliphatic rings. The Morgan fingerprint density at radius 2 is 0.739 bits per heavy atom. The Morgan fingerprint density at radius 1 is 0.370 bits per heavy atom. The molecule has 3 aliphatic carbocycles. The maximum Gasteiger partial charge on any atom is 0.00125 e. The van der Waals surface area contributed by atoms with Gasteiger partial charge in [-0.15, -0.1) is 0 Å². The molecule has 0 spiro atoms. The van der Waals surface area contributed by atoms with E-state index in [1.807, 2.05) is 0 Å². The predicted octanol–water partition coefficient (Wildman–Crippen LogP) is 13.3. The molecule has 0 aliphatic heterocycles. The topological polar surface area (TPSA) is 6.48 Å². The monoisotopic (exact) mass is 643 g/mol. The van der Waals surface area contributed by atoms with E-state index in [0.717, 1.165) is 35.5 Å². The summed E-state index contributed by atoms with van der Waals surface area (Å²) in [4.78, 5) is 5.99. The first-order valence-corrected chi connectivity index (χ1v) is 22.2. The molecule has 2 bridgehead atoms. The molecule has 6 atom stereocenters. The lowest BCUT2D eigenvalue weighted by molar-refractivity contribution is 0.0942. The minimum absolute atomic E-state index is 1.01. The molecule has 46 heavy (non-hydrogen) atoms. The zero-order chi connectivity index (χ0) is 32.7. The zero-order valence-electron chi connectivity index (χ0n) is 32.4. The molecule has 3 fully saturated rings. The summed E-state index contributed by atoms with van der Waals surface area (Å²) in [5.41, 5.74) is 0. The second kappa shape index (κ2) is 25.8. The SMILES string of the molecule is CCCCCCCCN(CCCCCCCC)CC1CC2CC1C1C(CN(CCCCCCCC)CCCCCCCC)CCC21. The third kappa shape index (κ3) is 15.2. The zero-order valence-corrected chi connectivity index (χ0v) is 32.4. The van der Waals surface area contributed by atoms with Gasteiger partial charge in [-0.2, -0.15) is 0 Å². The third-order valence-corrected chi connectivity index (χ3v) is 13.1. The summed E-state index contributed by atoms with van der Waals surface area (Å²) < 4.78 is 0. The standard InChI is InChI=1S/C44H86N2/c1-5-9-13-17-21-25-31-45(32-26-22-18-14-10-6-2)37-39-29-30-42-40-35-41(43(36-40)44(39)42)38-46(33-27-23-19-15-11-7-3)34-28-24-20-16-12-8-4/h39-44H,5-38H2,1-4H3. The van der Waals surface area contributed by atoms with Crippen LogP contribution in [-0.2, 0) is 0 Å². The number of rotatable bonds is 32. The molecule has 0 saturated heterocycles. The first kappa shape index (κ1) is 40.4. The molecule has 0 aromatic rings. The lowest BCUT2D eigenvalue weighted by Crippen LogP contribution is -2.40. The molecule has 6 unspecified atom stereocenters. The van der Waals surface area contributed by atoms with Crippen LogP contribution in [0.5, 0.6) is 0 Å². The van der Waals surface area contributed by atoms with Crippen LogP contribution in [0.1, 0.15) is 207 Å². The van der Waals surface area contributed by atoms with Crippen molar-refractivity contribution in [3.63, 3.8) is 0 Å². The molecular weight excluding hydrogens is 556 g/mol.